The zero-order valence-electron chi connectivity index (χ0n) is 23.6. The lowest BCUT2D eigenvalue weighted by atomic mass is 10.0. The van der Waals surface area contributed by atoms with Gasteiger partial charge in [-0.15, -0.1) is 0 Å². The molecule has 0 N–H and O–H groups in total. The third kappa shape index (κ3) is 6.06. The van der Waals surface area contributed by atoms with E-state index in [0.717, 1.165) is 62.1 Å². The Morgan fingerprint density at radius 2 is 1.82 bits per heavy atom. The Morgan fingerprint density at radius 3 is 2.48 bits per heavy atom. The summed E-state index contributed by atoms with van der Waals surface area (Å²) in [5.41, 5.74) is 2.24. The van der Waals surface area contributed by atoms with Crippen LogP contribution in [-0.2, 0) is 17.8 Å². The highest BCUT2D eigenvalue weighted by atomic mass is 32.2. The van der Waals surface area contributed by atoms with Crippen LogP contribution in [0, 0.1) is 18.3 Å². The van der Waals surface area contributed by atoms with Crippen LogP contribution in [0.1, 0.15) is 61.3 Å². The normalized spacial score (nSPS) is 16.5. The smallest absolute Gasteiger partial charge is 0.270 e. The number of thioether (sulfide) groups is 1. The number of ether oxygens (including phenoxy) is 2. The zero-order valence-corrected chi connectivity index (χ0v) is 25.3. The summed E-state index contributed by atoms with van der Waals surface area (Å²) in [4.78, 5) is 31.4. The number of anilines is 1. The van der Waals surface area contributed by atoms with Gasteiger partial charge in [0.15, 0.2) is 11.5 Å². The predicted molar refractivity (Wildman–Crippen MR) is 164 cm³/mol. The Balaban J connectivity index is 1.70. The number of methoxy groups -OCH3 is 2. The van der Waals surface area contributed by atoms with E-state index in [2.05, 4.69) is 17.9 Å². The molecule has 0 spiro atoms. The van der Waals surface area contributed by atoms with E-state index < -0.39 is 0 Å². The fourth-order valence-electron chi connectivity index (χ4n) is 5.22. The summed E-state index contributed by atoms with van der Waals surface area (Å²) in [7, 11) is 3.19. The van der Waals surface area contributed by atoms with Crippen LogP contribution in [-0.4, -0.2) is 53.5 Å². The van der Waals surface area contributed by atoms with Gasteiger partial charge in [0.25, 0.3) is 11.5 Å². The lowest BCUT2D eigenvalue weighted by Gasteiger charge is -2.33. The van der Waals surface area contributed by atoms with Gasteiger partial charge in [0, 0.05) is 31.7 Å². The molecule has 0 bridgehead atoms. The number of rotatable bonds is 10. The molecule has 40 heavy (non-hydrogen) atoms. The van der Waals surface area contributed by atoms with Gasteiger partial charge < -0.3 is 14.4 Å². The molecule has 4 rings (SSSR count). The highest BCUT2D eigenvalue weighted by Gasteiger charge is 2.33. The average molecular weight is 581 g/mol. The van der Waals surface area contributed by atoms with Gasteiger partial charge in [-0.1, -0.05) is 43.4 Å². The van der Waals surface area contributed by atoms with Gasteiger partial charge in [-0.25, -0.2) is 0 Å². The minimum atomic E-state index is -0.256. The van der Waals surface area contributed by atoms with Crippen molar-refractivity contribution in [3.8, 4) is 17.6 Å². The molecule has 10 heteroatoms. The quantitative estimate of drug-likeness (QED) is 0.277. The first-order chi connectivity index (χ1) is 19.3. The van der Waals surface area contributed by atoms with E-state index in [4.69, 9.17) is 21.7 Å². The molecule has 2 aliphatic heterocycles. The molecule has 8 nitrogen and oxygen atoms in total. The molecule has 0 saturated carbocycles. The molecular weight excluding hydrogens is 544 g/mol. The van der Waals surface area contributed by atoms with Crippen molar-refractivity contribution in [3.05, 3.63) is 55.7 Å². The Bertz CT molecular complexity index is 1420. The summed E-state index contributed by atoms with van der Waals surface area (Å²) >= 11 is 6.89. The number of unbranched alkanes of at least 4 members (excludes halogenated alkanes) is 1. The molecular formula is C30H36N4O4S2. The van der Waals surface area contributed by atoms with Crippen molar-refractivity contribution >= 4 is 46.1 Å². The summed E-state index contributed by atoms with van der Waals surface area (Å²) in [6.07, 6.45) is 7.43. The molecule has 2 saturated heterocycles. The van der Waals surface area contributed by atoms with Gasteiger partial charge in [-0.2, -0.15) is 5.26 Å². The van der Waals surface area contributed by atoms with Crippen LogP contribution >= 0.6 is 24.0 Å². The maximum Gasteiger partial charge on any atom is 0.270 e. The van der Waals surface area contributed by atoms with Gasteiger partial charge in [-0.05, 0) is 68.4 Å². The summed E-state index contributed by atoms with van der Waals surface area (Å²) < 4.78 is 13.0. The number of nitrogens with zero attached hydrogens (tertiary/aromatic N) is 4. The third-order valence-corrected chi connectivity index (χ3v) is 8.84. The molecule has 1 aromatic carbocycles. The second-order valence-electron chi connectivity index (χ2n) is 9.98. The van der Waals surface area contributed by atoms with Crippen LogP contribution in [0.15, 0.2) is 27.9 Å². The largest absolute Gasteiger partial charge is 0.493 e. The zero-order chi connectivity index (χ0) is 28.8. The van der Waals surface area contributed by atoms with E-state index in [1.807, 2.05) is 24.3 Å². The number of hydrogen-bond donors (Lipinski definition) is 0. The lowest BCUT2D eigenvalue weighted by Crippen LogP contribution is -2.37. The highest BCUT2D eigenvalue weighted by molar-refractivity contribution is 8.26. The Morgan fingerprint density at radius 1 is 1.10 bits per heavy atom. The monoisotopic (exact) mass is 580 g/mol. The number of carbonyl (C=O) groups excluding carboxylic acids is 1. The predicted octanol–water partition coefficient (Wildman–Crippen LogP) is 5.28. The van der Waals surface area contributed by atoms with Gasteiger partial charge >= 0.3 is 0 Å². The fourth-order valence-corrected chi connectivity index (χ4v) is 6.51. The number of pyridine rings is 1. The first-order valence-corrected chi connectivity index (χ1v) is 15.0. The average Bonchev–Trinajstić information content (AvgIpc) is 3.24. The molecule has 2 fully saturated rings. The standard InChI is InChI=1S/C30H36N4O4S2/c1-5-6-15-33-27(32-13-8-7-9-14-32)22(20(2)23(19-31)28(33)35)18-26-29(36)34(30(39)40-26)16-12-21-10-11-24(37-3)25(17-21)38-4/h10-11,17-18H,5-9,12-16H2,1-4H3/b26-18-. The van der Waals surface area contributed by atoms with Gasteiger partial charge in [-0.3, -0.25) is 19.1 Å². The van der Waals surface area contributed by atoms with Crippen LogP contribution in [0.2, 0.25) is 0 Å². The second kappa shape index (κ2) is 13.4. The van der Waals surface area contributed by atoms with Crippen molar-refractivity contribution in [2.45, 2.75) is 58.9 Å². The van der Waals surface area contributed by atoms with Gasteiger partial charge in [0.05, 0.1) is 19.1 Å². The fraction of sp³-hybridized carbons (Fsp3) is 0.467. The highest BCUT2D eigenvalue weighted by Crippen LogP contribution is 2.37. The van der Waals surface area contributed by atoms with E-state index in [1.165, 1.54) is 11.8 Å². The molecule has 0 unspecified atom stereocenters. The van der Waals surface area contributed by atoms with Gasteiger partial charge in [0.1, 0.15) is 21.8 Å². The van der Waals surface area contributed by atoms with Crippen molar-refractivity contribution in [2.24, 2.45) is 0 Å². The molecule has 0 radical (unpaired) electrons. The van der Waals surface area contributed by atoms with E-state index in [1.54, 1.807) is 30.6 Å². The Hall–Kier alpha value is -3.29. The van der Waals surface area contributed by atoms with E-state index in [9.17, 15) is 14.9 Å². The first kappa shape index (κ1) is 29.7. The number of benzene rings is 1. The molecule has 1 aromatic heterocycles. The lowest BCUT2D eigenvalue weighted by molar-refractivity contribution is -0.122. The number of carbonyl (C=O) groups is 1. The molecule has 0 aliphatic carbocycles. The number of aromatic nitrogens is 1. The van der Waals surface area contributed by atoms with Crippen LogP contribution in [0.25, 0.3) is 6.08 Å². The number of amides is 1. The number of thiocarbonyl (C=S) groups is 1. The summed E-state index contributed by atoms with van der Waals surface area (Å²) in [6, 6.07) is 7.84. The second-order valence-corrected chi connectivity index (χ2v) is 11.7. The van der Waals surface area contributed by atoms with Crippen LogP contribution in [0.3, 0.4) is 0 Å². The van der Waals surface area contributed by atoms with E-state index in [0.29, 0.717) is 45.8 Å². The molecule has 1 amide bonds. The van der Waals surface area contributed by atoms with Crippen molar-refractivity contribution in [1.29, 1.82) is 5.26 Å². The van der Waals surface area contributed by atoms with Crippen LogP contribution in [0.4, 0.5) is 5.82 Å². The van der Waals surface area contributed by atoms with Crippen LogP contribution in [0.5, 0.6) is 11.5 Å². The molecule has 2 aliphatic rings. The SMILES string of the molecule is CCCCn1c(N2CCCCC2)c(/C=C2\SC(=S)N(CCc3ccc(OC)c(OC)c3)C2=O)c(C)c(C#N)c1=O. The minimum absolute atomic E-state index is 0.132. The Labute approximate surface area is 245 Å². The molecule has 0 atom stereocenters. The van der Waals surface area contributed by atoms with E-state index >= 15 is 0 Å². The summed E-state index contributed by atoms with van der Waals surface area (Å²) in [6.45, 7) is 6.52. The minimum Gasteiger partial charge on any atom is -0.493 e. The van der Waals surface area contributed by atoms with Crippen molar-refractivity contribution in [1.82, 2.24) is 9.47 Å². The summed E-state index contributed by atoms with van der Waals surface area (Å²) in [5.74, 6) is 1.93. The van der Waals surface area contributed by atoms with Crippen molar-refractivity contribution in [2.75, 3.05) is 38.8 Å². The molecule has 2 aromatic rings. The molecule has 212 valence electrons. The maximum atomic E-state index is 13.6. The van der Waals surface area contributed by atoms with E-state index in [-0.39, 0.29) is 17.0 Å². The van der Waals surface area contributed by atoms with Gasteiger partial charge in [0.2, 0.25) is 0 Å². The number of nitriles is 1. The molecule has 3 heterocycles. The topological polar surface area (TPSA) is 87.8 Å². The van der Waals surface area contributed by atoms with Crippen molar-refractivity contribution < 1.29 is 14.3 Å². The maximum absolute atomic E-state index is 13.6. The van der Waals surface area contributed by atoms with Crippen molar-refractivity contribution in [3.63, 3.8) is 0 Å². The third-order valence-electron chi connectivity index (χ3n) is 7.46. The Kier molecular flexibility index (Phi) is 9.93. The summed E-state index contributed by atoms with van der Waals surface area (Å²) in [5, 5.41) is 9.90. The number of piperidine rings is 1. The first-order valence-electron chi connectivity index (χ1n) is 13.7. The van der Waals surface area contributed by atoms with Crippen LogP contribution < -0.4 is 19.9 Å². The number of hydrogen-bond acceptors (Lipinski definition) is 8.